The molecule has 0 atom stereocenters. The van der Waals surface area contributed by atoms with Gasteiger partial charge in [-0.2, -0.15) is 4.57 Å². The number of hydrogen-bond acceptors (Lipinski definition) is 1. The fraction of sp³-hybridized carbons (Fsp3) is 0.520. The van der Waals surface area contributed by atoms with Crippen molar-refractivity contribution in [3.05, 3.63) is 64.0 Å². The van der Waals surface area contributed by atoms with E-state index in [0.717, 1.165) is 24.1 Å². The van der Waals surface area contributed by atoms with E-state index in [9.17, 15) is 4.79 Å². The minimum atomic E-state index is 0.124. The summed E-state index contributed by atoms with van der Waals surface area (Å²) in [7, 11) is 0. The maximum atomic E-state index is 13.3. The Bertz CT molecular complexity index is 889. The first kappa shape index (κ1) is 19.8. The van der Waals surface area contributed by atoms with Gasteiger partial charge in [-0.15, -0.1) is 0 Å². The van der Waals surface area contributed by atoms with Crippen LogP contribution in [0.4, 0.5) is 0 Å². The molecular weight excluding hydrogens is 330 g/mol. The fourth-order valence-electron chi connectivity index (χ4n) is 4.36. The van der Waals surface area contributed by atoms with Crippen molar-refractivity contribution in [3.8, 4) is 0 Å². The Labute approximate surface area is 164 Å². The lowest BCUT2D eigenvalue weighted by atomic mass is 9.62. The number of pyridine rings is 1. The van der Waals surface area contributed by atoms with Gasteiger partial charge in [0, 0.05) is 24.1 Å². The van der Waals surface area contributed by atoms with Crippen LogP contribution in [0.3, 0.4) is 0 Å². The molecule has 0 radical (unpaired) electrons. The molecule has 0 bridgehead atoms. The number of carbonyl (C=O) groups excluding carboxylic acids is 1. The molecule has 0 fully saturated rings. The molecule has 0 spiro atoms. The molecule has 0 N–H and O–H groups in total. The standard InChI is InChI=1S/C25H34NO/c1-8-19-13-21-22(25(6,7)12-11-24(21,4)5)14-20(19)23(27)16-26-15-17(2)9-10-18(26)3/h9-10,13-15H,8,11-12,16H2,1-7H3/q+1. The summed E-state index contributed by atoms with van der Waals surface area (Å²) in [6.45, 7) is 16.0. The highest BCUT2D eigenvalue weighted by atomic mass is 16.1. The Balaban J connectivity index is 2.08. The van der Waals surface area contributed by atoms with Crippen molar-refractivity contribution in [2.45, 2.75) is 85.1 Å². The van der Waals surface area contributed by atoms with Crippen molar-refractivity contribution in [2.75, 3.05) is 0 Å². The average molecular weight is 365 g/mol. The molecule has 2 nitrogen and oxygen atoms in total. The molecule has 0 unspecified atom stereocenters. The van der Waals surface area contributed by atoms with Gasteiger partial charge >= 0.3 is 0 Å². The Kier molecular flexibility index (Phi) is 5.05. The van der Waals surface area contributed by atoms with Crippen molar-refractivity contribution < 1.29 is 9.36 Å². The molecular formula is C25H34NO+. The number of nitrogens with zero attached hydrogens (tertiary/aromatic N) is 1. The quantitative estimate of drug-likeness (QED) is 0.527. The predicted octanol–water partition coefficient (Wildman–Crippen LogP) is 5.39. The topological polar surface area (TPSA) is 20.9 Å². The maximum absolute atomic E-state index is 13.3. The van der Waals surface area contributed by atoms with E-state index in [1.54, 1.807) is 0 Å². The van der Waals surface area contributed by atoms with Gasteiger partial charge in [-0.05, 0) is 65.8 Å². The summed E-state index contributed by atoms with van der Waals surface area (Å²) in [5, 5.41) is 0. The lowest BCUT2D eigenvalue weighted by Crippen LogP contribution is -2.41. The first-order valence-electron chi connectivity index (χ1n) is 10.2. The van der Waals surface area contributed by atoms with Crippen LogP contribution in [0.15, 0.2) is 30.5 Å². The number of hydrogen-bond donors (Lipinski definition) is 0. The predicted molar refractivity (Wildman–Crippen MR) is 112 cm³/mol. The lowest BCUT2D eigenvalue weighted by Gasteiger charge is -2.42. The van der Waals surface area contributed by atoms with Crippen molar-refractivity contribution in [2.24, 2.45) is 0 Å². The van der Waals surface area contributed by atoms with Gasteiger partial charge in [-0.3, -0.25) is 4.79 Å². The van der Waals surface area contributed by atoms with Gasteiger partial charge in [-0.1, -0.05) is 40.7 Å². The van der Waals surface area contributed by atoms with Gasteiger partial charge in [0.1, 0.15) is 0 Å². The van der Waals surface area contributed by atoms with Crippen LogP contribution in [0.25, 0.3) is 0 Å². The SMILES string of the molecule is CCc1cc2c(cc1C(=O)C[n+]1cc(C)ccc1C)C(C)(C)CCC2(C)C. The minimum Gasteiger partial charge on any atom is -0.287 e. The molecule has 1 aromatic carbocycles. The van der Waals surface area contributed by atoms with Crippen LogP contribution in [0.5, 0.6) is 0 Å². The highest BCUT2D eigenvalue weighted by molar-refractivity contribution is 5.97. The third-order valence-electron chi connectivity index (χ3n) is 6.47. The second-order valence-corrected chi connectivity index (χ2v) is 9.58. The zero-order chi connectivity index (χ0) is 20.0. The van der Waals surface area contributed by atoms with Crippen LogP contribution >= 0.6 is 0 Å². The number of aromatic nitrogens is 1. The van der Waals surface area contributed by atoms with Crippen LogP contribution in [-0.2, 0) is 23.8 Å². The van der Waals surface area contributed by atoms with Crippen molar-refractivity contribution in [1.29, 1.82) is 0 Å². The molecule has 1 aliphatic carbocycles. The van der Waals surface area contributed by atoms with Crippen LogP contribution in [0.1, 0.15) is 85.8 Å². The molecule has 0 saturated heterocycles. The van der Waals surface area contributed by atoms with E-state index in [-0.39, 0.29) is 16.6 Å². The van der Waals surface area contributed by atoms with E-state index in [1.807, 2.05) is 0 Å². The first-order valence-corrected chi connectivity index (χ1v) is 10.2. The molecule has 2 heteroatoms. The first-order chi connectivity index (χ1) is 12.5. The van der Waals surface area contributed by atoms with Gasteiger partial charge in [0.05, 0.1) is 0 Å². The van der Waals surface area contributed by atoms with Crippen molar-refractivity contribution >= 4 is 5.78 Å². The van der Waals surface area contributed by atoms with Crippen molar-refractivity contribution in [1.82, 2.24) is 0 Å². The zero-order valence-corrected chi connectivity index (χ0v) is 18.1. The normalized spacial score (nSPS) is 17.4. The highest BCUT2D eigenvalue weighted by Crippen LogP contribution is 2.46. The third kappa shape index (κ3) is 3.72. The molecule has 0 amide bonds. The van der Waals surface area contributed by atoms with Gasteiger partial charge in [-0.25, -0.2) is 0 Å². The van der Waals surface area contributed by atoms with Gasteiger partial charge < -0.3 is 0 Å². The summed E-state index contributed by atoms with van der Waals surface area (Å²) in [6, 6.07) is 8.74. The van der Waals surface area contributed by atoms with E-state index >= 15 is 0 Å². The fourth-order valence-corrected chi connectivity index (χ4v) is 4.36. The molecule has 1 heterocycles. The molecule has 1 aliphatic rings. The second-order valence-electron chi connectivity index (χ2n) is 9.58. The number of aryl methyl sites for hydroxylation is 3. The summed E-state index contributed by atoms with van der Waals surface area (Å²) >= 11 is 0. The Hall–Kier alpha value is -1.96. The van der Waals surface area contributed by atoms with Gasteiger partial charge in [0.15, 0.2) is 11.9 Å². The average Bonchev–Trinajstić information content (AvgIpc) is 2.61. The zero-order valence-electron chi connectivity index (χ0n) is 18.1. The molecule has 1 aromatic heterocycles. The van der Waals surface area contributed by atoms with Gasteiger partial charge in [0.2, 0.25) is 12.3 Å². The van der Waals surface area contributed by atoms with Crippen LogP contribution in [0, 0.1) is 13.8 Å². The number of fused-ring (bicyclic) bond motifs is 1. The van der Waals surface area contributed by atoms with E-state index in [2.05, 4.69) is 83.5 Å². The summed E-state index contributed by atoms with van der Waals surface area (Å²) in [5.41, 5.74) is 7.50. The van der Waals surface area contributed by atoms with Crippen LogP contribution in [0.2, 0.25) is 0 Å². The number of carbonyl (C=O) groups is 1. The second kappa shape index (κ2) is 6.89. The third-order valence-corrected chi connectivity index (χ3v) is 6.47. The molecule has 0 aliphatic heterocycles. The Morgan fingerprint density at radius 1 is 1.00 bits per heavy atom. The number of Topliss-reactive ketones (excluding diaryl/α,β-unsaturated/α-hetero) is 1. The number of ketones is 1. The maximum Gasteiger partial charge on any atom is 0.227 e. The summed E-state index contributed by atoms with van der Waals surface area (Å²) in [5.74, 6) is 0.215. The number of benzene rings is 1. The van der Waals surface area contributed by atoms with E-state index in [4.69, 9.17) is 0 Å². The van der Waals surface area contributed by atoms with Crippen LogP contribution in [-0.4, -0.2) is 5.78 Å². The molecule has 3 rings (SSSR count). The Morgan fingerprint density at radius 3 is 2.19 bits per heavy atom. The van der Waals surface area contributed by atoms with E-state index in [1.165, 1.54) is 28.7 Å². The van der Waals surface area contributed by atoms with E-state index in [0.29, 0.717) is 6.54 Å². The van der Waals surface area contributed by atoms with E-state index < -0.39 is 0 Å². The summed E-state index contributed by atoms with van der Waals surface area (Å²) in [6.07, 6.45) is 5.33. The van der Waals surface area contributed by atoms with Gasteiger partial charge in [0.25, 0.3) is 0 Å². The smallest absolute Gasteiger partial charge is 0.227 e. The molecule has 0 saturated carbocycles. The molecule has 144 valence electrons. The summed E-state index contributed by atoms with van der Waals surface area (Å²) < 4.78 is 2.08. The highest BCUT2D eigenvalue weighted by Gasteiger charge is 2.38. The molecule has 27 heavy (non-hydrogen) atoms. The lowest BCUT2D eigenvalue weighted by molar-refractivity contribution is -0.689. The monoisotopic (exact) mass is 364 g/mol. The largest absolute Gasteiger partial charge is 0.287 e. The Morgan fingerprint density at radius 2 is 1.59 bits per heavy atom. The molecule has 2 aromatic rings. The number of rotatable bonds is 4. The minimum absolute atomic E-state index is 0.124. The summed E-state index contributed by atoms with van der Waals surface area (Å²) in [4.78, 5) is 13.3. The van der Waals surface area contributed by atoms with Crippen LogP contribution < -0.4 is 4.57 Å². The van der Waals surface area contributed by atoms with Crippen molar-refractivity contribution in [3.63, 3.8) is 0 Å².